The van der Waals surface area contributed by atoms with Gasteiger partial charge in [-0.2, -0.15) is 0 Å². The molecule has 130 valence electrons. The molecule has 4 heteroatoms. The normalized spacial score (nSPS) is 21.2. The molecule has 0 heterocycles. The van der Waals surface area contributed by atoms with Crippen molar-refractivity contribution < 1.29 is 14.2 Å². The third-order valence-corrected chi connectivity index (χ3v) is 4.45. The Morgan fingerprint density at radius 3 is 2.78 bits per heavy atom. The zero-order valence-corrected chi connectivity index (χ0v) is 14.8. The van der Waals surface area contributed by atoms with Crippen LogP contribution in [0.4, 0.5) is 0 Å². The van der Waals surface area contributed by atoms with Crippen LogP contribution in [0, 0.1) is 5.92 Å². The summed E-state index contributed by atoms with van der Waals surface area (Å²) in [4.78, 5) is 0. The second kappa shape index (κ2) is 9.78. The summed E-state index contributed by atoms with van der Waals surface area (Å²) in [5.41, 5.74) is 1.23. The topological polar surface area (TPSA) is 39.7 Å². The molecule has 1 aromatic carbocycles. The molecular weight excluding hydrogens is 290 g/mol. The van der Waals surface area contributed by atoms with E-state index in [0.717, 1.165) is 24.0 Å². The summed E-state index contributed by atoms with van der Waals surface area (Å²) >= 11 is 0. The van der Waals surface area contributed by atoms with Crippen LogP contribution < -0.4 is 14.8 Å². The van der Waals surface area contributed by atoms with E-state index in [1.165, 1.54) is 31.2 Å². The molecule has 2 unspecified atom stereocenters. The lowest BCUT2D eigenvalue weighted by Gasteiger charge is -2.27. The maximum atomic E-state index is 5.72. The van der Waals surface area contributed by atoms with Crippen LogP contribution >= 0.6 is 0 Å². The molecule has 1 fully saturated rings. The first-order valence-corrected chi connectivity index (χ1v) is 8.83. The molecule has 1 aliphatic carbocycles. The van der Waals surface area contributed by atoms with Crippen LogP contribution in [0.15, 0.2) is 18.2 Å². The van der Waals surface area contributed by atoms with Crippen molar-refractivity contribution in [2.45, 2.75) is 52.1 Å². The molecular formula is C19H31NO3. The van der Waals surface area contributed by atoms with Crippen molar-refractivity contribution in [1.29, 1.82) is 0 Å². The summed E-state index contributed by atoms with van der Waals surface area (Å²) in [6.45, 7) is 7.07. The highest BCUT2D eigenvalue weighted by atomic mass is 16.5. The molecule has 1 N–H and O–H groups in total. The average Bonchev–Trinajstić information content (AvgIpc) is 2.57. The van der Waals surface area contributed by atoms with Crippen molar-refractivity contribution in [3.63, 3.8) is 0 Å². The van der Waals surface area contributed by atoms with Crippen LogP contribution in [-0.4, -0.2) is 33.0 Å². The van der Waals surface area contributed by atoms with Gasteiger partial charge in [0.15, 0.2) is 11.5 Å². The highest BCUT2D eigenvalue weighted by Crippen LogP contribution is 2.28. The van der Waals surface area contributed by atoms with Gasteiger partial charge in [0.05, 0.1) is 13.7 Å². The van der Waals surface area contributed by atoms with Gasteiger partial charge in [-0.15, -0.1) is 0 Å². The average molecular weight is 321 g/mol. The number of methoxy groups -OCH3 is 1. The highest BCUT2D eigenvalue weighted by molar-refractivity contribution is 5.43. The van der Waals surface area contributed by atoms with Crippen molar-refractivity contribution in [1.82, 2.24) is 5.32 Å². The van der Waals surface area contributed by atoms with Gasteiger partial charge in [-0.05, 0) is 43.4 Å². The van der Waals surface area contributed by atoms with Crippen LogP contribution in [0.3, 0.4) is 0 Å². The second-order valence-electron chi connectivity index (χ2n) is 6.38. The summed E-state index contributed by atoms with van der Waals surface area (Å²) < 4.78 is 16.5. The summed E-state index contributed by atoms with van der Waals surface area (Å²) in [7, 11) is 1.69. The van der Waals surface area contributed by atoms with E-state index in [1.807, 2.05) is 13.0 Å². The lowest BCUT2D eigenvalue weighted by atomic mass is 9.87. The Labute approximate surface area is 140 Å². The molecule has 23 heavy (non-hydrogen) atoms. The molecule has 0 amide bonds. The van der Waals surface area contributed by atoms with E-state index in [0.29, 0.717) is 25.9 Å². The Bertz CT molecular complexity index is 464. The van der Waals surface area contributed by atoms with Crippen LogP contribution in [0.5, 0.6) is 11.5 Å². The highest BCUT2D eigenvalue weighted by Gasteiger charge is 2.18. The molecule has 0 aromatic heterocycles. The minimum atomic E-state index is 0.543. The van der Waals surface area contributed by atoms with Crippen LogP contribution in [0.25, 0.3) is 0 Å². The lowest BCUT2D eigenvalue weighted by molar-refractivity contribution is 0.109. The number of rotatable bonds is 9. The number of ether oxygens (including phenoxy) is 3. The monoisotopic (exact) mass is 321 g/mol. The predicted molar refractivity (Wildman–Crippen MR) is 93.2 cm³/mol. The Morgan fingerprint density at radius 1 is 1.17 bits per heavy atom. The third-order valence-electron chi connectivity index (χ3n) is 4.45. The van der Waals surface area contributed by atoms with E-state index in [1.54, 1.807) is 7.11 Å². The van der Waals surface area contributed by atoms with Gasteiger partial charge in [-0.25, -0.2) is 0 Å². The van der Waals surface area contributed by atoms with Crippen LogP contribution in [-0.2, 0) is 11.3 Å². The largest absolute Gasteiger partial charge is 0.493 e. The molecule has 1 aliphatic rings. The number of hydrogen-bond donors (Lipinski definition) is 1. The fourth-order valence-electron chi connectivity index (χ4n) is 3.18. The smallest absolute Gasteiger partial charge is 0.161 e. The number of benzene rings is 1. The molecule has 0 spiro atoms. The maximum absolute atomic E-state index is 5.72. The quantitative estimate of drug-likeness (QED) is 0.703. The Balaban J connectivity index is 1.85. The van der Waals surface area contributed by atoms with Gasteiger partial charge in [0.1, 0.15) is 6.61 Å². The van der Waals surface area contributed by atoms with E-state index < -0.39 is 0 Å². The molecule has 2 rings (SSSR count). The zero-order valence-electron chi connectivity index (χ0n) is 14.8. The van der Waals surface area contributed by atoms with Crippen LogP contribution in [0.1, 0.15) is 45.1 Å². The van der Waals surface area contributed by atoms with Crippen LogP contribution in [0.2, 0.25) is 0 Å². The van der Waals surface area contributed by atoms with Gasteiger partial charge in [0.2, 0.25) is 0 Å². The fourth-order valence-corrected chi connectivity index (χ4v) is 3.18. The third kappa shape index (κ3) is 6.04. The SMILES string of the molecule is CCOCCOc1ccc(CNC2CCCC(C)C2)cc1OC. The summed E-state index contributed by atoms with van der Waals surface area (Å²) in [6.07, 6.45) is 5.30. The van der Waals surface area contributed by atoms with E-state index >= 15 is 0 Å². The van der Waals surface area contributed by atoms with E-state index in [2.05, 4.69) is 24.4 Å². The van der Waals surface area contributed by atoms with Crippen molar-refractivity contribution in [2.75, 3.05) is 26.9 Å². The van der Waals surface area contributed by atoms with Crippen molar-refractivity contribution in [2.24, 2.45) is 5.92 Å². The molecule has 0 radical (unpaired) electrons. The van der Waals surface area contributed by atoms with Crippen molar-refractivity contribution in [3.05, 3.63) is 23.8 Å². The molecule has 0 saturated heterocycles. The zero-order chi connectivity index (χ0) is 16.5. The number of nitrogens with one attached hydrogen (secondary N) is 1. The minimum absolute atomic E-state index is 0.543. The summed E-state index contributed by atoms with van der Waals surface area (Å²) in [5.74, 6) is 2.41. The maximum Gasteiger partial charge on any atom is 0.161 e. The molecule has 0 bridgehead atoms. The van der Waals surface area contributed by atoms with Gasteiger partial charge in [0, 0.05) is 19.2 Å². The van der Waals surface area contributed by atoms with E-state index in [9.17, 15) is 0 Å². The molecule has 2 atom stereocenters. The Kier molecular flexibility index (Phi) is 7.69. The lowest BCUT2D eigenvalue weighted by Crippen LogP contribution is -2.33. The second-order valence-corrected chi connectivity index (χ2v) is 6.38. The fraction of sp³-hybridized carbons (Fsp3) is 0.684. The predicted octanol–water partition coefficient (Wildman–Crippen LogP) is 3.78. The summed E-state index contributed by atoms with van der Waals surface area (Å²) in [6, 6.07) is 6.81. The summed E-state index contributed by atoms with van der Waals surface area (Å²) in [5, 5.41) is 3.68. The molecule has 1 aromatic rings. The Morgan fingerprint density at radius 2 is 2.04 bits per heavy atom. The first-order chi connectivity index (χ1) is 11.2. The van der Waals surface area contributed by atoms with Gasteiger partial charge < -0.3 is 19.5 Å². The van der Waals surface area contributed by atoms with E-state index in [4.69, 9.17) is 14.2 Å². The standard InChI is InChI=1S/C19H31NO3/c1-4-22-10-11-23-18-9-8-16(13-19(18)21-3)14-20-17-7-5-6-15(2)12-17/h8-9,13,15,17,20H,4-7,10-12,14H2,1-3H3. The minimum Gasteiger partial charge on any atom is -0.493 e. The first kappa shape index (κ1) is 18.1. The molecule has 0 aliphatic heterocycles. The molecule has 1 saturated carbocycles. The van der Waals surface area contributed by atoms with Crippen molar-refractivity contribution in [3.8, 4) is 11.5 Å². The first-order valence-electron chi connectivity index (χ1n) is 8.83. The van der Waals surface area contributed by atoms with Gasteiger partial charge >= 0.3 is 0 Å². The van der Waals surface area contributed by atoms with Gasteiger partial charge in [0.25, 0.3) is 0 Å². The number of hydrogen-bond acceptors (Lipinski definition) is 4. The van der Waals surface area contributed by atoms with Gasteiger partial charge in [-0.1, -0.05) is 25.8 Å². The Hall–Kier alpha value is -1.26. The van der Waals surface area contributed by atoms with E-state index in [-0.39, 0.29) is 0 Å². The van der Waals surface area contributed by atoms with Crippen molar-refractivity contribution >= 4 is 0 Å². The van der Waals surface area contributed by atoms with Gasteiger partial charge in [-0.3, -0.25) is 0 Å². The molecule has 4 nitrogen and oxygen atoms in total.